The molecule has 1 atom stereocenters. The van der Waals surface area contributed by atoms with Crippen LogP contribution in [-0.4, -0.2) is 51.1 Å². The predicted molar refractivity (Wildman–Crippen MR) is 179 cm³/mol. The maximum atomic E-state index is 11.8. The molecular weight excluding hydrogens is 540 g/mol. The van der Waals surface area contributed by atoms with Gasteiger partial charge < -0.3 is 18.9 Å². The number of hydrogen-bond acceptors (Lipinski definition) is 6. The Labute approximate surface area is 265 Å². The highest BCUT2D eigenvalue weighted by atomic mass is 16.5. The smallest absolute Gasteiger partial charge is 0.306 e. The first kappa shape index (κ1) is 41.3. The van der Waals surface area contributed by atoms with Gasteiger partial charge >= 0.3 is 11.9 Å². The number of ether oxygens (including phenoxy) is 4. The molecule has 0 aliphatic carbocycles. The zero-order chi connectivity index (χ0) is 31.5. The molecule has 252 valence electrons. The monoisotopic (exact) mass is 609 g/mol. The van der Waals surface area contributed by atoms with Crippen LogP contribution < -0.4 is 0 Å². The molecule has 0 bridgehead atoms. The first-order chi connectivity index (χ1) is 21.1. The third-order valence-electron chi connectivity index (χ3n) is 7.41. The van der Waals surface area contributed by atoms with Gasteiger partial charge in [0.1, 0.15) is 13.2 Å². The van der Waals surface area contributed by atoms with Gasteiger partial charge in [0.25, 0.3) is 0 Å². The normalized spacial score (nSPS) is 12.3. The average Bonchev–Trinajstić information content (AvgIpc) is 3.00. The molecule has 0 saturated carbocycles. The van der Waals surface area contributed by atoms with Crippen LogP contribution in [0.4, 0.5) is 0 Å². The Balaban J connectivity index is 3.36. The molecule has 6 heteroatoms. The number of unbranched alkanes of at least 4 members (excludes halogenated alkanes) is 16. The van der Waals surface area contributed by atoms with Crippen molar-refractivity contribution in [3.63, 3.8) is 0 Å². The first-order valence-electron chi connectivity index (χ1n) is 17.9. The van der Waals surface area contributed by atoms with Gasteiger partial charge in [0, 0.05) is 26.1 Å². The number of carbonyl (C=O) groups is 2. The maximum absolute atomic E-state index is 11.8. The predicted octanol–water partition coefficient (Wildman–Crippen LogP) is 10.2. The molecule has 0 aromatic rings. The van der Waals surface area contributed by atoms with Crippen molar-refractivity contribution < 1.29 is 28.5 Å². The molecule has 43 heavy (non-hydrogen) atoms. The summed E-state index contributed by atoms with van der Waals surface area (Å²) in [5.41, 5.74) is 0. The van der Waals surface area contributed by atoms with Gasteiger partial charge in [-0.1, -0.05) is 115 Å². The molecular formula is C37H68O6. The summed E-state index contributed by atoms with van der Waals surface area (Å²) in [6.07, 6.45) is 32.1. The minimum absolute atomic E-state index is 0.0860. The minimum atomic E-state index is -0.0861. The van der Waals surface area contributed by atoms with Crippen molar-refractivity contribution >= 4 is 11.9 Å². The van der Waals surface area contributed by atoms with Gasteiger partial charge in [0.15, 0.2) is 0 Å². The molecule has 0 fully saturated rings. The molecule has 0 aromatic carbocycles. The second-order valence-corrected chi connectivity index (χ2v) is 11.8. The molecule has 0 saturated heterocycles. The maximum Gasteiger partial charge on any atom is 0.306 e. The summed E-state index contributed by atoms with van der Waals surface area (Å²) >= 11 is 0. The summed E-state index contributed by atoms with van der Waals surface area (Å²) in [4.78, 5) is 23.6. The minimum Gasteiger partial charge on any atom is -0.461 e. The molecule has 0 N–H and O–H groups in total. The fraction of sp³-hybridized carbons (Fsp3) is 0.838. The molecule has 6 nitrogen and oxygen atoms in total. The molecule has 0 aliphatic heterocycles. The second kappa shape index (κ2) is 34.8. The van der Waals surface area contributed by atoms with Gasteiger partial charge in [-0.25, -0.2) is 0 Å². The SMILES string of the molecule is CCCCCC/C=C\COC(=O)CCCCCCCOCC(C)OCCCCCCCC(=O)OC/C=C\CCCCCC. The lowest BCUT2D eigenvalue weighted by Crippen LogP contribution is -2.17. The molecule has 0 heterocycles. The quantitative estimate of drug-likeness (QED) is 0.0419. The van der Waals surface area contributed by atoms with E-state index in [1.165, 1.54) is 51.4 Å². The number of allylic oxidation sites excluding steroid dienone is 2. The molecule has 0 aromatic heterocycles. The zero-order valence-corrected chi connectivity index (χ0v) is 28.4. The Morgan fingerprint density at radius 3 is 1.49 bits per heavy atom. The third-order valence-corrected chi connectivity index (χ3v) is 7.41. The number of rotatable bonds is 33. The zero-order valence-electron chi connectivity index (χ0n) is 28.4. The number of carbonyl (C=O) groups excluding carboxylic acids is 2. The van der Waals surface area contributed by atoms with E-state index in [1.807, 2.05) is 12.2 Å². The molecule has 0 amide bonds. The van der Waals surface area contributed by atoms with E-state index in [-0.39, 0.29) is 18.0 Å². The highest BCUT2D eigenvalue weighted by Crippen LogP contribution is 2.09. The topological polar surface area (TPSA) is 71.1 Å². The van der Waals surface area contributed by atoms with Gasteiger partial charge in [-0.3, -0.25) is 9.59 Å². The van der Waals surface area contributed by atoms with Gasteiger partial charge in [-0.05, 0) is 58.3 Å². The van der Waals surface area contributed by atoms with Crippen LogP contribution in [0.25, 0.3) is 0 Å². The summed E-state index contributed by atoms with van der Waals surface area (Å²) in [5, 5.41) is 0. The molecule has 1 unspecified atom stereocenters. The summed E-state index contributed by atoms with van der Waals surface area (Å²) in [6, 6.07) is 0. The van der Waals surface area contributed by atoms with E-state index in [0.717, 1.165) is 90.3 Å². The van der Waals surface area contributed by atoms with Gasteiger partial charge in [-0.2, -0.15) is 0 Å². The van der Waals surface area contributed by atoms with E-state index in [2.05, 4.69) is 32.9 Å². The van der Waals surface area contributed by atoms with Crippen molar-refractivity contribution in [3.05, 3.63) is 24.3 Å². The lowest BCUT2D eigenvalue weighted by atomic mass is 10.1. The third kappa shape index (κ3) is 34.7. The van der Waals surface area contributed by atoms with E-state index >= 15 is 0 Å². The lowest BCUT2D eigenvalue weighted by molar-refractivity contribution is -0.143. The van der Waals surface area contributed by atoms with Crippen LogP contribution in [0.5, 0.6) is 0 Å². The Bertz CT molecular complexity index is 659. The van der Waals surface area contributed by atoms with Crippen LogP contribution >= 0.6 is 0 Å². The highest BCUT2D eigenvalue weighted by molar-refractivity contribution is 5.69. The van der Waals surface area contributed by atoms with E-state index < -0.39 is 0 Å². The summed E-state index contributed by atoms with van der Waals surface area (Å²) in [7, 11) is 0. The average molecular weight is 609 g/mol. The van der Waals surface area contributed by atoms with Gasteiger partial charge in [-0.15, -0.1) is 0 Å². The van der Waals surface area contributed by atoms with Crippen LogP contribution in [0.2, 0.25) is 0 Å². The Kier molecular flexibility index (Phi) is 33.5. The van der Waals surface area contributed by atoms with Crippen molar-refractivity contribution in [2.45, 2.75) is 168 Å². The standard InChI is InChI=1S/C37H68O6/c1-4-6-8-10-12-19-26-32-42-36(38)28-22-16-14-18-24-30-40-34-35(3)41-31-25-21-15-17-23-29-37(39)43-33-27-20-13-11-9-7-5-2/h19-20,26-27,35H,4-18,21-25,28-34H2,1-3H3/b26-19-,27-20-. The molecule has 0 aliphatic rings. The largest absolute Gasteiger partial charge is 0.461 e. The van der Waals surface area contributed by atoms with E-state index in [9.17, 15) is 9.59 Å². The molecule has 0 spiro atoms. The Hall–Kier alpha value is -1.66. The van der Waals surface area contributed by atoms with Gasteiger partial charge in [0.2, 0.25) is 0 Å². The number of hydrogen-bond donors (Lipinski definition) is 0. The van der Waals surface area contributed by atoms with Gasteiger partial charge in [0.05, 0.1) is 12.7 Å². The van der Waals surface area contributed by atoms with Crippen LogP contribution in [0, 0.1) is 0 Å². The van der Waals surface area contributed by atoms with Crippen LogP contribution in [0.1, 0.15) is 162 Å². The fourth-order valence-corrected chi connectivity index (χ4v) is 4.66. The van der Waals surface area contributed by atoms with E-state index in [4.69, 9.17) is 18.9 Å². The second-order valence-electron chi connectivity index (χ2n) is 11.8. The summed E-state index contributed by atoms with van der Waals surface area (Å²) < 4.78 is 22.2. The van der Waals surface area contributed by atoms with Crippen LogP contribution in [-0.2, 0) is 28.5 Å². The van der Waals surface area contributed by atoms with Crippen LogP contribution in [0.3, 0.4) is 0 Å². The summed E-state index contributed by atoms with van der Waals surface area (Å²) in [5.74, 6) is -0.172. The van der Waals surface area contributed by atoms with Crippen molar-refractivity contribution in [3.8, 4) is 0 Å². The van der Waals surface area contributed by atoms with Crippen molar-refractivity contribution in [1.29, 1.82) is 0 Å². The molecule has 0 radical (unpaired) electrons. The Morgan fingerprint density at radius 2 is 0.977 bits per heavy atom. The highest BCUT2D eigenvalue weighted by Gasteiger charge is 2.04. The van der Waals surface area contributed by atoms with Crippen molar-refractivity contribution in [1.82, 2.24) is 0 Å². The van der Waals surface area contributed by atoms with E-state index in [0.29, 0.717) is 32.7 Å². The fourth-order valence-electron chi connectivity index (χ4n) is 4.66. The van der Waals surface area contributed by atoms with Crippen molar-refractivity contribution in [2.24, 2.45) is 0 Å². The lowest BCUT2D eigenvalue weighted by Gasteiger charge is -2.13. The number of esters is 2. The van der Waals surface area contributed by atoms with E-state index in [1.54, 1.807) is 0 Å². The summed E-state index contributed by atoms with van der Waals surface area (Å²) in [6.45, 7) is 9.47. The van der Waals surface area contributed by atoms with Crippen molar-refractivity contribution in [2.75, 3.05) is 33.0 Å². The first-order valence-corrected chi connectivity index (χ1v) is 17.9. The van der Waals surface area contributed by atoms with Crippen LogP contribution in [0.15, 0.2) is 24.3 Å². The Morgan fingerprint density at radius 1 is 0.535 bits per heavy atom. The molecule has 0 rings (SSSR count).